The summed E-state index contributed by atoms with van der Waals surface area (Å²) in [6.07, 6.45) is 1.24. The van der Waals surface area contributed by atoms with Crippen molar-refractivity contribution in [2.75, 3.05) is 52.9 Å². The minimum absolute atomic E-state index is 0.0513. The molecule has 1 aliphatic heterocycles. The van der Waals surface area contributed by atoms with Crippen LogP contribution in [0.4, 0.5) is 0 Å². The molecule has 1 saturated heterocycles. The van der Waals surface area contributed by atoms with Crippen molar-refractivity contribution >= 4 is 11.8 Å². The van der Waals surface area contributed by atoms with Gasteiger partial charge in [-0.3, -0.25) is 14.5 Å². The number of morpholine rings is 1. The van der Waals surface area contributed by atoms with Gasteiger partial charge in [-0.05, 0) is 26.8 Å². The molecule has 0 unspecified atom stereocenters. The first-order chi connectivity index (χ1) is 10.3. The summed E-state index contributed by atoms with van der Waals surface area (Å²) in [5.74, 6) is -0.260. The SMILES string of the molecule is C=CC(=O)N(CC)CC(=O)N(C)CCN1CCOC(C)(C)C1. The molecule has 0 aromatic carbocycles. The van der Waals surface area contributed by atoms with Crippen LogP contribution in [-0.2, 0) is 14.3 Å². The van der Waals surface area contributed by atoms with E-state index in [4.69, 9.17) is 4.74 Å². The molecule has 1 aliphatic rings. The van der Waals surface area contributed by atoms with Gasteiger partial charge in [0.05, 0.1) is 18.8 Å². The Balaban J connectivity index is 2.40. The summed E-state index contributed by atoms with van der Waals surface area (Å²) in [6.45, 7) is 14.0. The fourth-order valence-corrected chi connectivity index (χ4v) is 2.48. The van der Waals surface area contributed by atoms with E-state index in [0.717, 1.165) is 26.2 Å². The molecule has 0 N–H and O–H groups in total. The molecule has 0 bridgehead atoms. The molecule has 22 heavy (non-hydrogen) atoms. The maximum atomic E-state index is 12.2. The van der Waals surface area contributed by atoms with E-state index in [-0.39, 0.29) is 24.0 Å². The number of rotatable bonds is 7. The molecule has 6 nitrogen and oxygen atoms in total. The molecule has 0 saturated carbocycles. The van der Waals surface area contributed by atoms with Crippen LogP contribution in [0.5, 0.6) is 0 Å². The van der Waals surface area contributed by atoms with E-state index in [0.29, 0.717) is 13.1 Å². The standard InChI is InChI=1S/C16H29N3O3/c1-6-14(20)19(7-2)12-15(21)17(5)8-9-18-10-11-22-16(3,4)13-18/h6H,1,7-13H2,2-5H3. The molecule has 1 fully saturated rings. The maximum Gasteiger partial charge on any atom is 0.246 e. The van der Waals surface area contributed by atoms with Crippen molar-refractivity contribution in [1.82, 2.24) is 14.7 Å². The predicted octanol–water partition coefficient (Wildman–Crippen LogP) is 0.590. The molecule has 0 radical (unpaired) electrons. The Morgan fingerprint density at radius 3 is 2.64 bits per heavy atom. The molecule has 0 atom stereocenters. The van der Waals surface area contributed by atoms with Crippen molar-refractivity contribution in [2.24, 2.45) is 0 Å². The second-order valence-electron chi connectivity index (χ2n) is 6.26. The van der Waals surface area contributed by atoms with Crippen LogP contribution in [0.2, 0.25) is 0 Å². The Morgan fingerprint density at radius 1 is 1.41 bits per heavy atom. The van der Waals surface area contributed by atoms with E-state index in [9.17, 15) is 9.59 Å². The molecular weight excluding hydrogens is 282 g/mol. The fourth-order valence-electron chi connectivity index (χ4n) is 2.48. The van der Waals surface area contributed by atoms with Crippen LogP contribution in [0, 0.1) is 0 Å². The van der Waals surface area contributed by atoms with Gasteiger partial charge in [-0.2, -0.15) is 0 Å². The molecule has 0 aromatic heterocycles. The zero-order valence-electron chi connectivity index (χ0n) is 14.3. The van der Waals surface area contributed by atoms with Gasteiger partial charge < -0.3 is 14.5 Å². The Morgan fingerprint density at radius 2 is 2.09 bits per heavy atom. The van der Waals surface area contributed by atoms with Crippen LogP contribution in [0.3, 0.4) is 0 Å². The second-order valence-corrected chi connectivity index (χ2v) is 6.26. The summed E-state index contributed by atoms with van der Waals surface area (Å²) in [4.78, 5) is 29.3. The lowest BCUT2D eigenvalue weighted by atomic mass is 10.1. The Hall–Kier alpha value is -1.40. The Kier molecular flexibility index (Phi) is 7.03. The second kappa shape index (κ2) is 8.29. The summed E-state index contributed by atoms with van der Waals surface area (Å²) in [7, 11) is 1.78. The minimum atomic E-state index is -0.209. The predicted molar refractivity (Wildman–Crippen MR) is 86.6 cm³/mol. The lowest BCUT2D eigenvalue weighted by Crippen LogP contribution is -2.50. The van der Waals surface area contributed by atoms with Crippen LogP contribution in [0.1, 0.15) is 20.8 Å². The lowest BCUT2D eigenvalue weighted by Gasteiger charge is -2.38. The Bertz CT molecular complexity index is 409. The monoisotopic (exact) mass is 311 g/mol. The number of amides is 2. The minimum Gasteiger partial charge on any atom is -0.373 e. The quantitative estimate of drug-likeness (QED) is 0.646. The molecule has 0 aromatic rings. The van der Waals surface area contributed by atoms with E-state index in [1.165, 1.54) is 11.0 Å². The van der Waals surface area contributed by atoms with Crippen molar-refractivity contribution in [3.05, 3.63) is 12.7 Å². The van der Waals surface area contributed by atoms with Crippen molar-refractivity contribution in [1.29, 1.82) is 0 Å². The van der Waals surface area contributed by atoms with Crippen LogP contribution < -0.4 is 0 Å². The van der Waals surface area contributed by atoms with Gasteiger partial charge in [0, 0.05) is 39.8 Å². The smallest absolute Gasteiger partial charge is 0.246 e. The molecule has 0 aliphatic carbocycles. The third kappa shape index (κ3) is 5.77. The third-order valence-electron chi connectivity index (χ3n) is 3.88. The van der Waals surface area contributed by atoms with Gasteiger partial charge in [-0.1, -0.05) is 6.58 Å². The largest absolute Gasteiger partial charge is 0.373 e. The van der Waals surface area contributed by atoms with Gasteiger partial charge in [0.15, 0.2) is 0 Å². The van der Waals surface area contributed by atoms with Gasteiger partial charge in [0.1, 0.15) is 0 Å². The zero-order valence-corrected chi connectivity index (χ0v) is 14.3. The van der Waals surface area contributed by atoms with Crippen LogP contribution in [0.25, 0.3) is 0 Å². The van der Waals surface area contributed by atoms with E-state index < -0.39 is 0 Å². The number of hydrogen-bond donors (Lipinski definition) is 0. The van der Waals surface area contributed by atoms with Gasteiger partial charge in [-0.25, -0.2) is 0 Å². The van der Waals surface area contributed by atoms with Crippen molar-refractivity contribution in [3.63, 3.8) is 0 Å². The van der Waals surface area contributed by atoms with Gasteiger partial charge >= 0.3 is 0 Å². The average molecular weight is 311 g/mol. The first kappa shape index (κ1) is 18.6. The van der Waals surface area contributed by atoms with Crippen molar-refractivity contribution in [3.8, 4) is 0 Å². The number of nitrogens with zero attached hydrogens (tertiary/aromatic N) is 3. The average Bonchev–Trinajstić information content (AvgIpc) is 2.48. The lowest BCUT2D eigenvalue weighted by molar-refractivity contribution is -0.137. The molecule has 0 spiro atoms. The first-order valence-corrected chi connectivity index (χ1v) is 7.80. The highest BCUT2D eigenvalue weighted by Crippen LogP contribution is 2.15. The molecule has 126 valence electrons. The number of ether oxygens (including phenoxy) is 1. The third-order valence-corrected chi connectivity index (χ3v) is 3.88. The van der Waals surface area contributed by atoms with E-state index in [2.05, 4.69) is 25.3 Å². The van der Waals surface area contributed by atoms with E-state index in [1.807, 2.05) is 6.92 Å². The summed E-state index contributed by atoms with van der Waals surface area (Å²) < 4.78 is 5.68. The van der Waals surface area contributed by atoms with Gasteiger partial charge in [-0.15, -0.1) is 0 Å². The zero-order chi connectivity index (χ0) is 16.8. The Labute approximate surface area is 133 Å². The van der Waals surface area contributed by atoms with E-state index >= 15 is 0 Å². The van der Waals surface area contributed by atoms with Crippen LogP contribution >= 0.6 is 0 Å². The first-order valence-electron chi connectivity index (χ1n) is 7.80. The summed E-state index contributed by atoms with van der Waals surface area (Å²) >= 11 is 0. The van der Waals surface area contributed by atoms with E-state index in [1.54, 1.807) is 11.9 Å². The highest BCUT2D eigenvalue weighted by molar-refractivity contribution is 5.90. The molecule has 1 rings (SSSR count). The number of carbonyl (C=O) groups is 2. The van der Waals surface area contributed by atoms with Crippen LogP contribution in [-0.4, -0.2) is 85.0 Å². The van der Waals surface area contributed by atoms with Crippen LogP contribution in [0.15, 0.2) is 12.7 Å². The van der Waals surface area contributed by atoms with Gasteiger partial charge in [0.25, 0.3) is 0 Å². The number of likely N-dealkylation sites (N-methyl/N-ethyl adjacent to an activating group) is 2. The summed E-state index contributed by atoms with van der Waals surface area (Å²) in [5, 5.41) is 0. The topological polar surface area (TPSA) is 53.1 Å². The fraction of sp³-hybridized carbons (Fsp3) is 0.750. The van der Waals surface area contributed by atoms with Crippen molar-refractivity contribution < 1.29 is 14.3 Å². The summed E-state index contributed by atoms with van der Waals surface area (Å²) in [6, 6.07) is 0. The molecule has 6 heteroatoms. The highest BCUT2D eigenvalue weighted by atomic mass is 16.5. The number of carbonyl (C=O) groups excluding carboxylic acids is 2. The van der Waals surface area contributed by atoms with Crippen molar-refractivity contribution in [2.45, 2.75) is 26.4 Å². The normalized spacial score (nSPS) is 17.8. The molecule has 2 amide bonds. The molecule has 1 heterocycles. The molecular formula is C16H29N3O3. The van der Waals surface area contributed by atoms with Gasteiger partial charge in [0.2, 0.25) is 11.8 Å². The summed E-state index contributed by atoms with van der Waals surface area (Å²) in [5.41, 5.74) is -0.129. The number of hydrogen-bond acceptors (Lipinski definition) is 4. The highest BCUT2D eigenvalue weighted by Gasteiger charge is 2.27. The maximum absolute atomic E-state index is 12.2.